The van der Waals surface area contributed by atoms with Gasteiger partial charge in [0.15, 0.2) is 0 Å². The molecule has 1 aromatic heterocycles. The fourth-order valence-corrected chi connectivity index (χ4v) is 3.38. The van der Waals surface area contributed by atoms with Crippen molar-refractivity contribution in [3.05, 3.63) is 65.5 Å². The van der Waals surface area contributed by atoms with Crippen LogP contribution >= 0.6 is 0 Å². The van der Waals surface area contributed by atoms with E-state index in [0.717, 1.165) is 37.8 Å². The van der Waals surface area contributed by atoms with Crippen LogP contribution in [0.2, 0.25) is 0 Å². The monoisotopic (exact) mass is 281 g/mol. The maximum Gasteiger partial charge on any atom is 0.0624 e. The van der Waals surface area contributed by atoms with Crippen molar-refractivity contribution >= 4 is 0 Å². The topological polar surface area (TPSA) is 33.1 Å². The van der Waals surface area contributed by atoms with Crippen molar-refractivity contribution in [1.29, 1.82) is 0 Å². The lowest BCUT2D eigenvalue weighted by Gasteiger charge is -2.28. The second kappa shape index (κ2) is 6.86. The zero-order chi connectivity index (χ0) is 14.5. The van der Waals surface area contributed by atoms with Gasteiger partial charge in [-0.15, -0.1) is 0 Å². The molecule has 1 N–H and O–H groups in total. The first-order valence-corrected chi connectivity index (χ1v) is 8.00. The quantitative estimate of drug-likeness (QED) is 0.902. The highest BCUT2D eigenvalue weighted by Gasteiger charge is 2.27. The van der Waals surface area contributed by atoms with E-state index in [4.69, 9.17) is 0 Å². The average Bonchev–Trinajstić information content (AvgIpc) is 2.55. The molecule has 1 aliphatic carbocycles. The average molecular weight is 281 g/mol. The lowest BCUT2D eigenvalue weighted by molar-refractivity contribution is 0.121. The smallest absolute Gasteiger partial charge is 0.0624 e. The van der Waals surface area contributed by atoms with Crippen molar-refractivity contribution in [3.63, 3.8) is 0 Å². The number of rotatable bonds is 5. The Bertz CT molecular complexity index is 567. The van der Waals surface area contributed by atoms with Crippen LogP contribution in [0, 0.1) is 0 Å². The fraction of sp³-hybridized carbons (Fsp3) is 0.421. The summed E-state index contributed by atoms with van der Waals surface area (Å²) in [5.74, 6) is 0.228. The van der Waals surface area contributed by atoms with Crippen LogP contribution in [0.25, 0.3) is 0 Å². The van der Waals surface area contributed by atoms with E-state index in [9.17, 15) is 5.11 Å². The Morgan fingerprint density at radius 2 is 2.00 bits per heavy atom. The molecule has 0 saturated heterocycles. The predicted octanol–water partition coefficient (Wildman–Crippen LogP) is 3.89. The van der Waals surface area contributed by atoms with E-state index in [-0.39, 0.29) is 12.0 Å². The molecule has 1 aliphatic rings. The van der Waals surface area contributed by atoms with E-state index in [0.29, 0.717) is 0 Å². The largest absolute Gasteiger partial charge is 0.392 e. The Morgan fingerprint density at radius 3 is 2.86 bits per heavy atom. The van der Waals surface area contributed by atoms with Crippen LogP contribution in [0.1, 0.15) is 48.4 Å². The van der Waals surface area contributed by atoms with Crippen LogP contribution < -0.4 is 0 Å². The predicted molar refractivity (Wildman–Crippen MR) is 85.3 cm³/mol. The maximum absolute atomic E-state index is 10.6. The van der Waals surface area contributed by atoms with Crippen LogP contribution in [0.4, 0.5) is 0 Å². The number of aliphatic hydroxyl groups is 1. The Labute approximate surface area is 126 Å². The van der Waals surface area contributed by atoms with Gasteiger partial charge in [0.2, 0.25) is 0 Å². The molecule has 2 aromatic rings. The van der Waals surface area contributed by atoms with Crippen molar-refractivity contribution in [3.8, 4) is 0 Å². The normalized spacial score (nSPS) is 19.0. The fourth-order valence-electron chi connectivity index (χ4n) is 3.38. The van der Waals surface area contributed by atoms with Crippen LogP contribution in [0.5, 0.6) is 0 Å². The van der Waals surface area contributed by atoms with Crippen molar-refractivity contribution in [2.24, 2.45) is 0 Å². The van der Waals surface area contributed by atoms with Gasteiger partial charge in [-0.05, 0) is 55.7 Å². The summed E-state index contributed by atoms with van der Waals surface area (Å²) in [6, 6.07) is 14.7. The summed E-state index contributed by atoms with van der Waals surface area (Å²) in [6.07, 6.45) is 7.86. The molecular weight excluding hydrogens is 258 g/mol. The van der Waals surface area contributed by atoms with Crippen molar-refractivity contribution in [1.82, 2.24) is 4.98 Å². The number of fused-ring (bicyclic) bond motifs is 1. The summed E-state index contributed by atoms with van der Waals surface area (Å²) >= 11 is 0. The van der Waals surface area contributed by atoms with E-state index in [1.807, 2.05) is 18.3 Å². The van der Waals surface area contributed by atoms with E-state index in [1.165, 1.54) is 17.5 Å². The van der Waals surface area contributed by atoms with E-state index < -0.39 is 0 Å². The molecule has 0 radical (unpaired) electrons. The molecule has 1 aromatic carbocycles. The standard InChI is InChI=1S/C19H23NO/c21-18(13-4-9-15-7-2-1-3-8-15)17-12-5-10-16-11-6-14-20-19(16)17/h1-3,6-8,11,14,17-18,21H,4-5,9-10,12-13H2. The summed E-state index contributed by atoms with van der Waals surface area (Å²) in [7, 11) is 0. The van der Waals surface area contributed by atoms with Gasteiger partial charge < -0.3 is 5.11 Å². The Kier molecular flexibility index (Phi) is 4.66. The SMILES string of the molecule is OC(CCCc1ccccc1)C1CCCc2cccnc21. The summed E-state index contributed by atoms with van der Waals surface area (Å²) in [5.41, 5.74) is 3.82. The second-order valence-electron chi connectivity index (χ2n) is 5.99. The highest BCUT2D eigenvalue weighted by molar-refractivity contribution is 5.26. The lowest BCUT2D eigenvalue weighted by Crippen LogP contribution is -2.24. The van der Waals surface area contributed by atoms with Crippen molar-refractivity contribution in [2.45, 2.75) is 50.5 Å². The maximum atomic E-state index is 10.6. The molecule has 21 heavy (non-hydrogen) atoms. The van der Waals surface area contributed by atoms with Gasteiger partial charge in [0, 0.05) is 17.8 Å². The molecule has 0 aliphatic heterocycles. The van der Waals surface area contributed by atoms with Gasteiger partial charge in [-0.25, -0.2) is 0 Å². The third-order valence-corrected chi connectivity index (χ3v) is 4.51. The highest BCUT2D eigenvalue weighted by atomic mass is 16.3. The molecule has 2 heteroatoms. The van der Waals surface area contributed by atoms with E-state index in [2.05, 4.69) is 35.3 Å². The van der Waals surface area contributed by atoms with Gasteiger partial charge in [0.05, 0.1) is 6.10 Å². The number of nitrogens with zero attached hydrogens (tertiary/aromatic N) is 1. The van der Waals surface area contributed by atoms with Gasteiger partial charge in [0.1, 0.15) is 0 Å². The third-order valence-electron chi connectivity index (χ3n) is 4.51. The first kappa shape index (κ1) is 14.3. The zero-order valence-electron chi connectivity index (χ0n) is 12.4. The first-order valence-electron chi connectivity index (χ1n) is 8.00. The molecule has 1 heterocycles. The number of hydrogen-bond acceptors (Lipinski definition) is 2. The number of benzene rings is 1. The molecule has 2 unspecified atom stereocenters. The summed E-state index contributed by atoms with van der Waals surface area (Å²) in [6.45, 7) is 0. The highest BCUT2D eigenvalue weighted by Crippen LogP contribution is 2.33. The van der Waals surface area contributed by atoms with E-state index in [1.54, 1.807) is 0 Å². The molecule has 110 valence electrons. The van der Waals surface area contributed by atoms with Crippen LogP contribution in [-0.4, -0.2) is 16.2 Å². The molecule has 3 rings (SSSR count). The molecule has 0 fully saturated rings. The summed E-state index contributed by atoms with van der Waals surface area (Å²) in [5, 5.41) is 10.6. The number of pyridine rings is 1. The minimum atomic E-state index is -0.261. The van der Waals surface area contributed by atoms with E-state index >= 15 is 0 Å². The molecule has 0 spiro atoms. The van der Waals surface area contributed by atoms with Gasteiger partial charge in [-0.2, -0.15) is 0 Å². The summed E-state index contributed by atoms with van der Waals surface area (Å²) < 4.78 is 0. The minimum absolute atomic E-state index is 0.228. The Balaban J connectivity index is 1.58. The summed E-state index contributed by atoms with van der Waals surface area (Å²) in [4.78, 5) is 4.53. The van der Waals surface area contributed by atoms with Crippen LogP contribution in [0.15, 0.2) is 48.7 Å². The third kappa shape index (κ3) is 3.51. The molecular formula is C19H23NO. The molecule has 2 nitrogen and oxygen atoms in total. The molecule has 2 atom stereocenters. The van der Waals surface area contributed by atoms with Crippen molar-refractivity contribution in [2.75, 3.05) is 0 Å². The van der Waals surface area contributed by atoms with Gasteiger partial charge >= 0.3 is 0 Å². The second-order valence-corrected chi connectivity index (χ2v) is 5.99. The number of hydrogen-bond donors (Lipinski definition) is 1. The molecule has 0 amide bonds. The lowest BCUT2D eigenvalue weighted by atomic mass is 9.81. The first-order chi connectivity index (χ1) is 10.3. The minimum Gasteiger partial charge on any atom is -0.392 e. The number of aryl methyl sites for hydroxylation is 2. The Morgan fingerprint density at radius 1 is 1.14 bits per heavy atom. The zero-order valence-corrected chi connectivity index (χ0v) is 12.4. The van der Waals surface area contributed by atoms with Crippen molar-refractivity contribution < 1.29 is 5.11 Å². The van der Waals surface area contributed by atoms with Crippen LogP contribution in [0.3, 0.4) is 0 Å². The van der Waals surface area contributed by atoms with Gasteiger partial charge in [0.25, 0.3) is 0 Å². The van der Waals surface area contributed by atoms with Crippen LogP contribution in [-0.2, 0) is 12.8 Å². The number of aromatic nitrogens is 1. The Hall–Kier alpha value is -1.67. The molecule has 0 bridgehead atoms. The van der Waals surface area contributed by atoms with Gasteiger partial charge in [-0.1, -0.05) is 36.4 Å². The number of aliphatic hydroxyl groups excluding tert-OH is 1. The molecule has 0 saturated carbocycles. The van der Waals surface area contributed by atoms with Gasteiger partial charge in [-0.3, -0.25) is 4.98 Å².